The molecular formula is C23H29FN8O2. The molecule has 0 bridgehead atoms. The Kier molecular flexibility index (Phi) is 5.51. The molecule has 0 aliphatic carbocycles. The van der Waals surface area contributed by atoms with E-state index in [2.05, 4.69) is 20.1 Å². The number of rotatable bonds is 5. The van der Waals surface area contributed by atoms with E-state index in [9.17, 15) is 9.50 Å². The van der Waals surface area contributed by atoms with Crippen LogP contribution in [0.5, 0.6) is 5.75 Å². The highest BCUT2D eigenvalue weighted by atomic mass is 19.1. The van der Waals surface area contributed by atoms with E-state index in [1.165, 1.54) is 23.8 Å². The van der Waals surface area contributed by atoms with E-state index in [4.69, 9.17) is 15.5 Å². The predicted molar refractivity (Wildman–Crippen MR) is 127 cm³/mol. The van der Waals surface area contributed by atoms with Gasteiger partial charge in [-0.05, 0) is 39.7 Å². The minimum Gasteiger partial charge on any atom is -0.494 e. The lowest BCUT2D eigenvalue weighted by Crippen LogP contribution is -2.35. The Morgan fingerprint density at radius 1 is 1.26 bits per heavy atom. The number of halogens is 1. The molecule has 10 nitrogen and oxygen atoms in total. The maximum atomic E-state index is 14.2. The molecule has 3 N–H and O–H groups in total. The number of methoxy groups -OCH3 is 1. The highest BCUT2D eigenvalue weighted by Crippen LogP contribution is 2.33. The molecule has 3 aromatic heterocycles. The van der Waals surface area contributed by atoms with Crippen LogP contribution < -0.4 is 15.4 Å². The van der Waals surface area contributed by atoms with Crippen LogP contribution in [-0.2, 0) is 0 Å². The van der Waals surface area contributed by atoms with Crippen molar-refractivity contribution in [2.75, 3.05) is 30.8 Å². The fourth-order valence-corrected chi connectivity index (χ4v) is 4.76. The van der Waals surface area contributed by atoms with Gasteiger partial charge in [0.2, 0.25) is 5.95 Å². The zero-order valence-corrected chi connectivity index (χ0v) is 19.7. The average molecular weight is 469 g/mol. The SMILES string of the molecule is COc1cc(F)cc2c1nc(N)n1nc(C3CCCN(c4cnn([C@@H](C)[C@H](C)O)c4C)C3)nc21. The van der Waals surface area contributed by atoms with Gasteiger partial charge in [-0.25, -0.2) is 14.4 Å². The van der Waals surface area contributed by atoms with Crippen LogP contribution in [0.25, 0.3) is 16.6 Å². The lowest BCUT2D eigenvalue weighted by molar-refractivity contribution is 0.131. The number of fused-ring (bicyclic) bond motifs is 3. The molecule has 4 heterocycles. The summed E-state index contributed by atoms with van der Waals surface area (Å²) in [5, 5.41) is 19.7. The van der Waals surface area contributed by atoms with Crippen molar-refractivity contribution in [1.82, 2.24) is 29.4 Å². The van der Waals surface area contributed by atoms with Crippen molar-refractivity contribution in [3.05, 3.63) is 35.7 Å². The Labute approximate surface area is 196 Å². The van der Waals surface area contributed by atoms with Gasteiger partial charge in [-0.3, -0.25) is 4.68 Å². The number of anilines is 2. The summed E-state index contributed by atoms with van der Waals surface area (Å²) in [6.07, 6.45) is 3.25. The van der Waals surface area contributed by atoms with Gasteiger partial charge >= 0.3 is 0 Å². The summed E-state index contributed by atoms with van der Waals surface area (Å²) in [6, 6.07) is 2.55. The standard InChI is InChI=1S/C23H29FN8O2/c1-12(14(3)33)31-13(2)18(10-26-31)30-7-5-6-15(11-30)21-28-22-17-8-16(24)9-19(34-4)20(17)27-23(25)32(22)29-21/h8-10,12,14-15,33H,5-7,11H2,1-4H3,(H2,25,27)/t12-,14-,15?/m0/s1. The first-order valence-corrected chi connectivity index (χ1v) is 11.4. The second kappa shape index (κ2) is 8.39. The van der Waals surface area contributed by atoms with Crippen molar-refractivity contribution >= 4 is 28.2 Å². The zero-order chi connectivity index (χ0) is 24.1. The third kappa shape index (κ3) is 3.60. The van der Waals surface area contributed by atoms with Gasteiger partial charge in [0.05, 0.1) is 42.2 Å². The van der Waals surface area contributed by atoms with Crippen molar-refractivity contribution < 1.29 is 14.2 Å². The fraction of sp³-hybridized carbons (Fsp3) is 0.478. The van der Waals surface area contributed by atoms with Crippen LogP contribution in [0.3, 0.4) is 0 Å². The van der Waals surface area contributed by atoms with E-state index >= 15 is 0 Å². The molecule has 5 rings (SSSR count). The maximum absolute atomic E-state index is 14.2. The van der Waals surface area contributed by atoms with Crippen LogP contribution in [0.2, 0.25) is 0 Å². The number of hydrogen-bond donors (Lipinski definition) is 2. The van der Waals surface area contributed by atoms with Crippen molar-refractivity contribution in [3.8, 4) is 5.75 Å². The normalized spacial score (nSPS) is 18.5. The van der Waals surface area contributed by atoms with E-state index in [0.29, 0.717) is 28.1 Å². The molecule has 11 heteroatoms. The Morgan fingerprint density at radius 3 is 2.79 bits per heavy atom. The molecular weight excluding hydrogens is 439 g/mol. The second-order valence-electron chi connectivity index (χ2n) is 9.01. The number of piperidine rings is 1. The quantitative estimate of drug-likeness (QED) is 0.459. The largest absolute Gasteiger partial charge is 0.494 e. The Balaban J connectivity index is 1.50. The lowest BCUT2D eigenvalue weighted by Gasteiger charge is -2.33. The number of benzene rings is 1. The Bertz CT molecular complexity index is 1360. The number of nitrogen functional groups attached to an aromatic ring is 1. The molecule has 1 aliphatic heterocycles. The third-order valence-electron chi connectivity index (χ3n) is 6.80. The molecule has 0 amide bonds. The molecule has 34 heavy (non-hydrogen) atoms. The number of ether oxygens (including phenoxy) is 1. The van der Waals surface area contributed by atoms with Gasteiger partial charge in [-0.15, -0.1) is 5.10 Å². The summed E-state index contributed by atoms with van der Waals surface area (Å²) in [5.74, 6) is 0.747. The van der Waals surface area contributed by atoms with Crippen LogP contribution in [0, 0.1) is 12.7 Å². The summed E-state index contributed by atoms with van der Waals surface area (Å²) < 4.78 is 22.9. The average Bonchev–Trinajstić information content (AvgIpc) is 3.44. The lowest BCUT2D eigenvalue weighted by atomic mass is 9.97. The molecule has 3 atom stereocenters. The number of aliphatic hydroxyl groups is 1. The number of aromatic nitrogens is 6. The first-order valence-electron chi connectivity index (χ1n) is 11.4. The van der Waals surface area contributed by atoms with E-state index in [1.54, 1.807) is 6.92 Å². The molecule has 180 valence electrons. The third-order valence-corrected chi connectivity index (χ3v) is 6.80. The van der Waals surface area contributed by atoms with Gasteiger partial charge in [-0.2, -0.15) is 9.61 Å². The van der Waals surface area contributed by atoms with Crippen LogP contribution in [0.15, 0.2) is 18.3 Å². The van der Waals surface area contributed by atoms with Gasteiger partial charge in [-0.1, -0.05) is 0 Å². The summed E-state index contributed by atoms with van der Waals surface area (Å²) in [6.45, 7) is 7.36. The van der Waals surface area contributed by atoms with E-state index in [-0.39, 0.29) is 17.9 Å². The predicted octanol–water partition coefficient (Wildman–Crippen LogP) is 2.84. The van der Waals surface area contributed by atoms with Gasteiger partial charge in [0.15, 0.2) is 11.5 Å². The highest BCUT2D eigenvalue weighted by Gasteiger charge is 2.28. The Morgan fingerprint density at radius 2 is 2.06 bits per heavy atom. The monoisotopic (exact) mass is 468 g/mol. The molecule has 4 aromatic rings. The highest BCUT2D eigenvalue weighted by molar-refractivity contribution is 5.95. The molecule has 1 aromatic carbocycles. The topological polar surface area (TPSA) is 120 Å². The van der Waals surface area contributed by atoms with Crippen molar-refractivity contribution in [3.63, 3.8) is 0 Å². The summed E-state index contributed by atoms with van der Waals surface area (Å²) in [4.78, 5) is 11.5. The number of nitrogens with two attached hydrogens (primary N) is 1. The summed E-state index contributed by atoms with van der Waals surface area (Å²) in [7, 11) is 1.47. The number of hydrogen-bond acceptors (Lipinski definition) is 8. The van der Waals surface area contributed by atoms with Crippen molar-refractivity contribution in [2.45, 2.75) is 51.7 Å². The minimum absolute atomic E-state index is 0.0653. The maximum Gasteiger partial charge on any atom is 0.223 e. The van der Waals surface area contributed by atoms with Crippen LogP contribution in [-0.4, -0.2) is 60.8 Å². The van der Waals surface area contributed by atoms with Gasteiger partial charge in [0.1, 0.15) is 17.1 Å². The van der Waals surface area contributed by atoms with E-state index < -0.39 is 11.9 Å². The van der Waals surface area contributed by atoms with Crippen molar-refractivity contribution in [1.29, 1.82) is 0 Å². The molecule has 1 saturated heterocycles. The van der Waals surface area contributed by atoms with Gasteiger partial charge in [0, 0.05) is 25.1 Å². The number of aliphatic hydroxyl groups excluding tert-OH is 1. The molecule has 0 spiro atoms. The first kappa shape index (κ1) is 22.3. The smallest absolute Gasteiger partial charge is 0.223 e. The van der Waals surface area contributed by atoms with E-state index in [0.717, 1.165) is 37.3 Å². The van der Waals surface area contributed by atoms with Crippen LogP contribution in [0.1, 0.15) is 50.2 Å². The molecule has 1 fully saturated rings. The number of nitrogens with zero attached hydrogens (tertiary/aromatic N) is 7. The molecule has 1 unspecified atom stereocenters. The summed E-state index contributed by atoms with van der Waals surface area (Å²) in [5.41, 5.74) is 9.15. The first-order chi connectivity index (χ1) is 16.3. The van der Waals surface area contributed by atoms with Crippen LogP contribution >= 0.6 is 0 Å². The molecule has 1 aliphatic rings. The molecule has 0 saturated carbocycles. The molecule has 0 radical (unpaired) electrons. The van der Waals surface area contributed by atoms with Gasteiger partial charge in [0.25, 0.3) is 0 Å². The second-order valence-corrected chi connectivity index (χ2v) is 9.01. The Hall–Kier alpha value is -3.47. The van der Waals surface area contributed by atoms with Crippen LogP contribution in [0.4, 0.5) is 16.0 Å². The zero-order valence-electron chi connectivity index (χ0n) is 19.7. The fourth-order valence-electron chi connectivity index (χ4n) is 4.76. The van der Waals surface area contributed by atoms with E-state index in [1.807, 2.05) is 24.7 Å². The minimum atomic E-state index is -0.500. The van der Waals surface area contributed by atoms with Gasteiger partial charge < -0.3 is 20.5 Å². The summed E-state index contributed by atoms with van der Waals surface area (Å²) >= 11 is 0. The van der Waals surface area contributed by atoms with Crippen molar-refractivity contribution in [2.24, 2.45) is 0 Å².